The van der Waals surface area contributed by atoms with E-state index in [1.165, 1.54) is 38.5 Å². The van der Waals surface area contributed by atoms with Gasteiger partial charge in [0.05, 0.1) is 0 Å². The van der Waals surface area contributed by atoms with Crippen molar-refractivity contribution in [1.82, 2.24) is 5.32 Å². The van der Waals surface area contributed by atoms with Crippen LogP contribution in [-0.2, 0) is 0 Å². The maximum absolute atomic E-state index is 3.73. The first kappa shape index (κ1) is 10.8. The van der Waals surface area contributed by atoms with Gasteiger partial charge in [0.15, 0.2) is 0 Å². The van der Waals surface area contributed by atoms with Crippen molar-refractivity contribution in [3.63, 3.8) is 0 Å². The zero-order valence-electron chi connectivity index (χ0n) is 8.89. The second-order valence-corrected chi connectivity index (χ2v) is 4.24. The molecule has 0 spiro atoms. The van der Waals surface area contributed by atoms with Crippen LogP contribution in [-0.4, -0.2) is 12.6 Å². The summed E-state index contributed by atoms with van der Waals surface area (Å²) in [5.41, 5.74) is 0. The Labute approximate surface area is 82.6 Å². The third kappa shape index (κ3) is 3.95. The van der Waals surface area contributed by atoms with E-state index < -0.39 is 0 Å². The minimum Gasteiger partial charge on any atom is -0.311 e. The fourth-order valence-corrected chi connectivity index (χ4v) is 2.25. The highest BCUT2D eigenvalue weighted by molar-refractivity contribution is 4.78. The highest BCUT2D eigenvalue weighted by atomic mass is 14.9. The molecule has 0 aromatic rings. The standard InChI is InChI=1S/C12H23N/c1-3-10-13-11(2)12-8-6-4-5-7-9-12/h3,11-13H,1,4-10H2,2H3/t11-/m0/s1. The van der Waals surface area contributed by atoms with Crippen LogP contribution in [0.5, 0.6) is 0 Å². The van der Waals surface area contributed by atoms with E-state index in [2.05, 4.69) is 18.8 Å². The van der Waals surface area contributed by atoms with Gasteiger partial charge in [-0.2, -0.15) is 0 Å². The summed E-state index contributed by atoms with van der Waals surface area (Å²) in [7, 11) is 0. The predicted octanol–water partition coefficient (Wildman–Crippen LogP) is 3.12. The molecule has 1 saturated carbocycles. The molecule has 1 aliphatic rings. The van der Waals surface area contributed by atoms with E-state index in [0.717, 1.165) is 12.5 Å². The number of rotatable bonds is 4. The van der Waals surface area contributed by atoms with Crippen molar-refractivity contribution in [3.8, 4) is 0 Å². The molecule has 0 aliphatic heterocycles. The Morgan fingerprint density at radius 3 is 2.46 bits per heavy atom. The molecule has 1 atom stereocenters. The van der Waals surface area contributed by atoms with Gasteiger partial charge in [-0.05, 0) is 25.7 Å². The van der Waals surface area contributed by atoms with Crippen LogP contribution in [0.3, 0.4) is 0 Å². The summed E-state index contributed by atoms with van der Waals surface area (Å²) in [6, 6.07) is 0.677. The molecule has 0 heterocycles. The van der Waals surface area contributed by atoms with Crippen LogP contribution >= 0.6 is 0 Å². The van der Waals surface area contributed by atoms with Crippen LogP contribution in [0.25, 0.3) is 0 Å². The highest BCUT2D eigenvalue weighted by Gasteiger charge is 2.17. The molecule has 76 valence electrons. The Bertz CT molecular complexity index is 134. The lowest BCUT2D eigenvalue weighted by Gasteiger charge is -2.22. The van der Waals surface area contributed by atoms with Gasteiger partial charge in [-0.1, -0.05) is 31.8 Å². The van der Waals surface area contributed by atoms with E-state index in [4.69, 9.17) is 0 Å². The molecule has 0 radical (unpaired) electrons. The Kier molecular flexibility index (Phi) is 5.14. The van der Waals surface area contributed by atoms with Gasteiger partial charge in [-0.3, -0.25) is 0 Å². The monoisotopic (exact) mass is 181 g/mol. The van der Waals surface area contributed by atoms with Crippen LogP contribution in [0, 0.1) is 5.92 Å². The van der Waals surface area contributed by atoms with Crippen LogP contribution in [0.1, 0.15) is 45.4 Å². The Balaban J connectivity index is 2.25. The molecule has 1 nitrogen and oxygen atoms in total. The first-order valence-electron chi connectivity index (χ1n) is 5.69. The Morgan fingerprint density at radius 1 is 1.31 bits per heavy atom. The Hall–Kier alpha value is -0.300. The highest BCUT2D eigenvalue weighted by Crippen LogP contribution is 2.25. The molecule has 0 unspecified atom stereocenters. The van der Waals surface area contributed by atoms with Crippen LogP contribution in [0.4, 0.5) is 0 Å². The quantitative estimate of drug-likeness (QED) is 0.519. The average molecular weight is 181 g/mol. The summed E-state index contributed by atoms with van der Waals surface area (Å²) in [6.07, 6.45) is 10.6. The Morgan fingerprint density at radius 2 is 1.92 bits per heavy atom. The van der Waals surface area contributed by atoms with E-state index >= 15 is 0 Å². The fraction of sp³-hybridized carbons (Fsp3) is 0.833. The SMILES string of the molecule is C=CCN[C@@H](C)C1CCCCCC1. The van der Waals surface area contributed by atoms with Crippen molar-refractivity contribution in [1.29, 1.82) is 0 Å². The van der Waals surface area contributed by atoms with Crippen LogP contribution < -0.4 is 5.32 Å². The number of hydrogen-bond donors (Lipinski definition) is 1. The maximum atomic E-state index is 3.73. The van der Waals surface area contributed by atoms with E-state index in [1.54, 1.807) is 0 Å². The minimum atomic E-state index is 0.677. The first-order valence-corrected chi connectivity index (χ1v) is 5.69. The van der Waals surface area contributed by atoms with E-state index in [0.29, 0.717) is 6.04 Å². The lowest BCUT2D eigenvalue weighted by atomic mass is 9.93. The van der Waals surface area contributed by atoms with Gasteiger partial charge in [0.25, 0.3) is 0 Å². The van der Waals surface area contributed by atoms with Gasteiger partial charge in [0.2, 0.25) is 0 Å². The summed E-state index contributed by atoms with van der Waals surface area (Å²) in [6.45, 7) is 7.01. The van der Waals surface area contributed by atoms with Crippen molar-refractivity contribution in [3.05, 3.63) is 12.7 Å². The van der Waals surface area contributed by atoms with Gasteiger partial charge < -0.3 is 5.32 Å². The molecule has 1 rings (SSSR count). The third-order valence-corrected chi connectivity index (χ3v) is 3.19. The van der Waals surface area contributed by atoms with Crippen molar-refractivity contribution < 1.29 is 0 Å². The molecule has 13 heavy (non-hydrogen) atoms. The molecule has 0 bridgehead atoms. The van der Waals surface area contributed by atoms with E-state index in [-0.39, 0.29) is 0 Å². The second kappa shape index (κ2) is 6.20. The van der Waals surface area contributed by atoms with Crippen molar-refractivity contribution in [2.45, 2.75) is 51.5 Å². The van der Waals surface area contributed by atoms with Crippen LogP contribution in [0.2, 0.25) is 0 Å². The summed E-state index contributed by atoms with van der Waals surface area (Å²) in [5.74, 6) is 0.905. The zero-order chi connectivity index (χ0) is 9.52. The smallest absolute Gasteiger partial charge is 0.0134 e. The summed E-state index contributed by atoms with van der Waals surface area (Å²) >= 11 is 0. The van der Waals surface area contributed by atoms with Crippen molar-refractivity contribution in [2.75, 3.05) is 6.54 Å². The molecule has 1 fully saturated rings. The average Bonchev–Trinajstić information content (AvgIpc) is 2.42. The van der Waals surface area contributed by atoms with E-state index in [1.807, 2.05) is 6.08 Å². The number of nitrogens with one attached hydrogen (secondary N) is 1. The zero-order valence-corrected chi connectivity index (χ0v) is 8.89. The molecular weight excluding hydrogens is 158 g/mol. The molecule has 1 heteroatoms. The lowest BCUT2D eigenvalue weighted by molar-refractivity contribution is 0.347. The van der Waals surface area contributed by atoms with E-state index in [9.17, 15) is 0 Å². The fourth-order valence-electron chi connectivity index (χ4n) is 2.25. The third-order valence-electron chi connectivity index (χ3n) is 3.19. The molecule has 0 aromatic carbocycles. The maximum Gasteiger partial charge on any atom is 0.0134 e. The first-order chi connectivity index (χ1) is 6.34. The number of hydrogen-bond acceptors (Lipinski definition) is 1. The normalized spacial score (nSPS) is 22.2. The molecular formula is C12H23N. The largest absolute Gasteiger partial charge is 0.311 e. The molecule has 0 aromatic heterocycles. The lowest BCUT2D eigenvalue weighted by Crippen LogP contribution is -2.33. The van der Waals surface area contributed by atoms with Gasteiger partial charge >= 0.3 is 0 Å². The molecule has 0 amide bonds. The van der Waals surface area contributed by atoms with Gasteiger partial charge in [-0.25, -0.2) is 0 Å². The summed E-state index contributed by atoms with van der Waals surface area (Å²) < 4.78 is 0. The minimum absolute atomic E-state index is 0.677. The van der Waals surface area contributed by atoms with Gasteiger partial charge in [-0.15, -0.1) is 6.58 Å². The van der Waals surface area contributed by atoms with Crippen molar-refractivity contribution >= 4 is 0 Å². The predicted molar refractivity (Wildman–Crippen MR) is 58.9 cm³/mol. The van der Waals surface area contributed by atoms with Crippen molar-refractivity contribution in [2.24, 2.45) is 5.92 Å². The summed E-state index contributed by atoms with van der Waals surface area (Å²) in [4.78, 5) is 0. The second-order valence-electron chi connectivity index (χ2n) is 4.24. The molecule has 1 N–H and O–H groups in total. The van der Waals surface area contributed by atoms with Crippen LogP contribution in [0.15, 0.2) is 12.7 Å². The van der Waals surface area contributed by atoms with Gasteiger partial charge in [0.1, 0.15) is 0 Å². The van der Waals surface area contributed by atoms with Gasteiger partial charge in [0, 0.05) is 12.6 Å². The summed E-state index contributed by atoms with van der Waals surface area (Å²) in [5, 5.41) is 3.51. The molecule has 0 saturated heterocycles. The topological polar surface area (TPSA) is 12.0 Å². The molecule has 1 aliphatic carbocycles.